The summed E-state index contributed by atoms with van der Waals surface area (Å²) in [5, 5.41) is 14.0. The molecule has 0 unspecified atom stereocenters. The third-order valence-corrected chi connectivity index (χ3v) is 4.12. The van der Waals surface area contributed by atoms with E-state index in [-0.39, 0.29) is 17.0 Å². The maximum atomic E-state index is 12.8. The van der Waals surface area contributed by atoms with Crippen LogP contribution in [0.1, 0.15) is 26.1 Å². The standard InChI is InChI=1S/C14H18FN5OS/c1-3-8-20-13(17-18-19-20)9-22-10(2)14(21)16-12-6-4-11(15)5-7-12/h4-7,10H,3,8-9H2,1-2H3,(H,16,21)/t10-/m1/s1. The highest BCUT2D eigenvalue weighted by atomic mass is 32.2. The van der Waals surface area contributed by atoms with Crippen LogP contribution in [0.3, 0.4) is 0 Å². The van der Waals surface area contributed by atoms with Gasteiger partial charge in [-0.15, -0.1) is 16.9 Å². The van der Waals surface area contributed by atoms with Crippen LogP contribution in [0.15, 0.2) is 24.3 Å². The molecule has 8 heteroatoms. The van der Waals surface area contributed by atoms with Gasteiger partial charge in [0.1, 0.15) is 5.82 Å². The number of hydrogen-bond acceptors (Lipinski definition) is 5. The molecule has 0 bridgehead atoms. The Morgan fingerprint density at radius 1 is 1.41 bits per heavy atom. The molecule has 0 saturated heterocycles. The highest BCUT2D eigenvalue weighted by molar-refractivity contribution is 7.99. The van der Waals surface area contributed by atoms with Gasteiger partial charge >= 0.3 is 0 Å². The van der Waals surface area contributed by atoms with Crippen LogP contribution in [-0.4, -0.2) is 31.4 Å². The second kappa shape index (κ2) is 7.88. The van der Waals surface area contributed by atoms with Crippen LogP contribution in [-0.2, 0) is 17.1 Å². The molecule has 0 spiro atoms. The zero-order chi connectivity index (χ0) is 15.9. The largest absolute Gasteiger partial charge is 0.325 e. The van der Waals surface area contributed by atoms with Crippen LogP contribution in [0.5, 0.6) is 0 Å². The average Bonchev–Trinajstić information content (AvgIpc) is 2.95. The lowest BCUT2D eigenvalue weighted by Gasteiger charge is -2.11. The molecule has 118 valence electrons. The number of aryl methyl sites for hydroxylation is 1. The van der Waals surface area contributed by atoms with Gasteiger partial charge in [0.2, 0.25) is 5.91 Å². The molecule has 0 aliphatic rings. The molecule has 1 aromatic carbocycles. The maximum Gasteiger partial charge on any atom is 0.237 e. The fraction of sp³-hybridized carbons (Fsp3) is 0.429. The third-order valence-electron chi connectivity index (χ3n) is 2.98. The number of amides is 1. The fourth-order valence-electron chi connectivity index (χ4n) is 1.76. The molecule has 6 nitrogen and oxygen atoms in total. The molecule has 1 heterocycles. The van der Waals surface area contributed by atoms with Gasteiger partial charge in [0.05, 0.1) is 11.0 Å². The van der Waals surface area contributed by atoms with E-state index >= 15 is 0 Å². The quantitative estimate of drug-likeness (QED) is 0.847. The summed E-state index contributed by atoms with van der Waals surface area (Å²) in [7, 11) is 0. The SMILES string of the molecule is CCCn1nnnc1CS[C@H](C)C(=O)Nc1ccc(F)cc1. The lowest BCUT2D eigenvalue weighted by atomic mass is 10.3. The number of carbonyl (C=O) groups excluding carboxylic acids is 1. The van der Waals surface area contributed by atoms with Crippen molar-refractivity contribution < 1.29 is 9.18 Å². The van der Waals surface area contributed by atoms with E-state index in [1.54, 1.807) is 4.68 Å². The normalized spacial score (nSPS) is 12.1. The molecule has 0 radical (unpaired) electrons. The number of carbonyl (C=O) groups is 1. The molecule has 1 amide bonds. The van der Waals surface area contributed by atoms with Crippen molar-refractivity contribution in [2.75, 3.05) is 5.32 Å². The number of anilines is 1. The number of thioether (sulfide) groups is 1. The summed E-state index contributed by atoms with van der Waals surface area (Å²) in [4.78, 5) is 12.1. The van der Waals surface area contributed by atoms with Gasteiger partial charge in [0, 0.05) is 12.2 Å². The third kappa shape index (κ3) is 4.52. The first kappa shape index (κ1) is 16.4. The lowest BCUT2D eigenvalue weighted by Crippen LogP contribution is -2.22. The summed E-state index contributed by atoms with van der Waals surface area (Å²) in [6.07, 6.45) is 0.948. The zero-order valence-electron chi connectivity index (χ0n) is 12.5. The summed E-state index contributed by atoms with van der Waals surface area (Å²) in [6, 6.07) is 5.69. The van der Waals surface area contributed by atoms with Crippen molar-refractivity contribution in [3.05, 3.63) is 35.9 Å². The smallest absolute Gasteiger partial charge is 0.237 e. The molecule has 0 aliphatic heterocycles. The van der Waals surface area contributed by atoms with Gasteiger partial charge in [0.25, 0.3) is 0 Å². The average molecular weight is 323 g/mol. The van der Waals surface area contributed by atoms with E-state index in [1.165, 1.54) is 36.0 Å². The van der Waals surface area contributed by atoms with Crippen molar-refractivity contribution in [3.8, 4) is 0 Å². The molecule has 0 aliphatic carbocycles. The number of hydrogen-bond donors (Lipinski definition) is 1. The topological polar surface area (TPSA) is 72.7 Å². The highest BCUT2D eigenvalue weighted by Gasteiger charge is 2.15. The molecule has 2 rings (SSSR count). The first-order valence-electron chi connectivity index (χ1n) is 7.03. The molecule has 1 atom stereocenters. The number of halogens is 1. The van der Waals surface area contributed by atoms with Gasteiger partial charge in [-0.1, -0.05) is 6.92 Å². The van der Waals surface area contributed by atoms with E-state index in [0.717, 1.165) is 18.8 Å². The predicted octanol–water partition coefficient (Wildman–Crippen LogP) is 2.48. The van der Waals surface area contributed by atoms with Crippen molar-refractivity contribution in [1.82, 2.24) is 20.2 Å². The Labute approximate surface area is 132 Å². The van der Waals surface area contributed by atoms with Crippen molar-refractivity contribution in [2.45, 2.75) is 37.8 Å². The Hall–Kier alpha value is -1.96. The molecule has 0 fully saturated rings. The lowest BCUT2D eigenvalue weighted by molar-refractivity contribution is -0.115. The fourth-order valence-corrected chi connectivity index (χ4v) is 2.58. The van der Waals surface area contributed by atoms with Gasteiger partial charge < -0.3 is 5.32 Å². The Balaban J connectivity index is 1.86. The number of aromatic nitrogens is 4. The summed E-state index contributed by atoms with van der Waals surface area (Å²) in [5.74, 6) is 0.855. The van der Waals surface area contributed by atoms with Gasteiger partial charge in [-0.05, 0) is 48.0 Å². The second-order valence-corrected chi connectivity index (χ2v) is 6.10. The second-order valence-electron chi connectivity index (χ2n) is 4.77. The Kier molecular flexibility index (Phi) is 5.88. The molecule has 1 N–H and O–H groups in total. The van der Waals surface area contributed by atoms with Crippen molar-refractivity contribution in [1.29, 1.82) is 0 Å². The van der Waals surface area contributed by atoms with Crippen LogP contribution in [0.2, 0.25) is 0 Å². The number of nitrogens with zero attached hydrogens (tertiary/aromatic N) is 4. The molecule has 0 saturated carbocycles. The molecular weight excluding hydrogens is 305 g/mol. The van der Waals surface area contributed by atoms with Gasteiger partial charge in [0.15, 0.2) is 5.82 Å². The highest BCUT2D eigenvalue weighted by Crippen LogP contribution is 2.18. The van der Waals surface area contributed by atoms with E-state index < -0.39 is 0 Å². The minimum absolute atomic E-state index is 0.133. The van der Waals surface area contributed by atoms with Gasteiger partial charge in [-0.3, -0.25) is 4.79 Å². The Morgan fingerprint density at radius 3 is 2.82 bits per heavy atom. The predicted molar refractivity (Wildman–Crippen MR) is 83.9 cm³/mol. The number of rotatable bonds is 7. The van der Waals surface area contributed by atoms with Crippen LogP contribution < -0.4 is 5.32 Å². The summed E-state index contributed by atoms with van der Waals surface area (Å²) >= 11 is 1.46. The number of benzene rings is 1. The first-order valence-corrected chi connectivity index (χ1v) is 8.08. The minimum atomic E-state index is -0.330. The van der Waals surface area contributed by atoms with Crippen LogP contribution in [0.25, 0.3) is 0 Å². The van der Waals surface area contributed by atoms with Gasteiger partial charge in [-0.25, -0.2) is 9.07 Å². The number of nitrogens with one attached hydrogen (secondary N) is 1. The van der Waals surface area contributed by atoms with Crippen molar-refractivity contribution in [3.63, 3.8) is 0 Å². The summed E-state index contributed by atoms with van der Waals surface area (Å²) < 4.78 is 14.6. The molecular formula is C14H18FN5OS. The molecule has 1 aromatic heterocycles. The van der Waals surface area contributed by atoms with Crippen molar-refractivity contribution in [2.24, 2.45) is 0 Å². The van der Waals surface area contributed by atoms with E-state index in [2.05, 4.69) is 27.8 Å². The molecule has 22 heavy (non-hydrogen) atoms. The zero-order valence-corrected chi connectivity index (χ0v) is 13.3. The summed E-state index contributed by atoms with van der Waals surface area (Å²) in [6.45, 7) is 4.63. The van der Waals surface area contributed by atoms with E-state index in [4.69, 9.17) is 0 Å². The maximum absolute atomic E-state index is 12.8. The van der Waals surface area contributed by atoms with E-state index in [1.807, 2.05) is 6.92 Å². The van der Waals surface area contributed by atoms with E-state index in [9.17, 15) is 9.18 Å². The number of tetrazole rings is 1. The van der Waals surface area contributed by atoms with Crippen molar-refractivity contribution >= 4 is 23.4 Å². The minimum Gasteiger partial charge on any atom is -0.325 e. The first-order chi connectivity index (χ1) is 10.6. The monoisotopic (exact) mass is 323 g/mol. The van der Waals surface area contributed by atoms with Crippen LogP contribution >= 0.6 is 11.8 Å². The summed E-state index contributed by atoms with van der Waals surface area (Å²) in [5.41, 5.74) is 0.578. The van der Waals surface area contributed by atoms with Crippen LogP contribution in [0, 0.1) is 5.82 Å². The van der Waals surface area contributed by atoms with Crippen LogP contribution in [0.4, 0.5) is 10.1 Å². The van der Waals surface area contributed by atoms with E-state index in [0.29, 0.717) is 11.4 Å². The molecule has 2 aromatic rings. The Bertz CT molecular complexity index is 616. The van der Waals surface area contributed by atoms with Gasteiger partial charge in [-0.2, -0.15) is 0 Å². The Morgan fingerprint density at radius 2 is 2.14 bits per heavy atom.